The number of carbonyl (C=O) groups is 1. The topological polar surface area (TPSA) is 83.7 Å². The number of halogens is 1. The Morgan fingerprint density at radius 3 is 2.54 bits per heavy atom. The molecule has 1 aromatic rings. The van der Waals surface area contributed by atoms with Crippen molar-refractivity contribution < 1.29 is 13.2 Å². The Balaban J connectivity index is 0.00000338. The fourth-order valence-corrected chi connectivity index (χ4v) is 4.45. The van der Waals surface area contributed by atoms with Gasteiger partial charge < -0.3 is 10.6 Å². The summed E-state index contributed by atoms with van der Waals surface area (Å²) in [7, 11) is -1.98. The fraction of sp³-hybridized carbons (Fsp3) is 0.611. The third-order valence-corrected chi connectivity index (χ3v) is 6.80. The molecule has 2 unspecified atom stereocenters. The van der Waals surface area contributed by atoms with Crippen LogP contribution in [0.3, 0.4) is 0 Å². The first-order valence-corrected chi connectivity index (χ1v) is 10.1. The molecule has 2 rings (SSSR count). The Bertz CT molecular complexity index is 752. The van der Waals surface area contributed by atoms with Crippen molar-refractivity contribution >= 4 is 34.0 Å². The van der Waals surface area contributed by atoms with Crippen LogP contribution in [0.25, 0.3) is 0 Å². The maximum absolute atomic E-state index is 12.8. The zero-order valence-electron chi connectivity index (χ0n) is 16.1. The summed E-state index contributed by atoms with van der Waals surface area (Å²) in [4.78, 5) is 13.8. The number of benzene rings is 1. The molecule has 1 aliphatic heterocycles. The highest BCUT2D eigenvalue weighted by Crippen LogP contribution is 2.34. The van der Waals surface area contributed by atoms with Gasteiger partial charge in [0.05, 0.1) is 4.90 Å². The second kappa shape index (κ2) is 8.69. The lowest BCUT2D eigenvalue weighted by Crippen LogP contribution is -2.34. The van der Waals surface area contributed by atoms with Crippen LogP contribution in [0, 0.1) is 5.92 Å². The molecule has 6 nitrogen and oxygen atoms in total. The summed E-state index contributed by atoms with van der Waals surface area (Å²) >= 11 is 0. The molecule has 1 aliphatic rings. The van der Waals surface area contributed by atoms with Gasteiger partial charge in [0.25, 0.3) is 0 Å². The first kappa shape index (κ1) is 22.9. The average molecular weight is 404 g/mol. The molecule has 2 atom stereocenters. The van der Waals surface area contributed by atoms with E-state index in [-0.39, 0.29) is 35.3 Å². The van der Waals surface area contributed by atoms with Crippen LogP contribution in [0.4, 0.5) is 5.69 Å². The number of nitrogens with zero attached hydrogens (tertiary/aromatic N) is 2. The van der Waals surface area contributed by atoms with Crippen LogP contribution in [-0.4, -0.2) is 44.3 Å². The molecule has 8 heteroatoms. The van der Waals surface area contributed by atoms with Crippen LogP contribution in [0.2, 0.25) is 0 Å². The average Bonchev–Trinajstić information content (AvgIpc) is 2.86. The smallest absolute Gasteiger partial charge is 0.242 e. The van der Waals surface area contributed by atoms with Crippen molar-refractivity contribution in [1.29, 1.82) is 0 Å². The molecule has 26 heavy (non-hydrogen) atoms. The molecule has 1 amide bonds. The SMILES string of the molecule is CC(=O)N1c2ccc(S(=O)(=O)N(C)CCC(N)C(C)C)cc2CC1C.Cl. The normalized spacial score (nSPS) is 18.0. The summed E-state index contributed by atoms with van der Waals surface area (Å²) in [6.07, 6.45) is 1.29. The number of sulfonamides is 1. The van der Waals surface area contributed by atoms with E-state index in [4.69, 9.17) is 5.73 Å². The minimum absolute atomic E-state index is 0. The quantitative estimate of drug-likeness (QED) is 0.790. The van der Waals surface area contributed by atoms with E-state index >= 15 is 0 Å². The summed E-state index contributed by atoms with van der Waals surface area (Å²) in [5.74, 6) is 0.289. The van der Waals surface area contributed by atoms with Crippen LogP contribution in [0.1, 0.15) is 39.7 Å². The molecule has 0 spiro atoms. The molecule has 1 aromatic carbocycles. The Morgan fingerprint density at radius 1 is 1.38 bits per heavy atom. The van der Waals surface area contributed by atoms with Gasteiger partial charge in [0, 0.05) is 38.3 Å². The minimum Gasteiger partial charge on any atom is -0.327 e. The summed E-state index contributed by atoms with van der Waals surface area (Å²) < 4.78 is 27.0. The molecule has 0 saturated carbocycles. The lowest BCUT2D eigenvalue weighted by Gasteiger charge is -2.22. The number of anilines is 1. The largest absolute Gasteiger partial charge is 0.327 e. The summed E-state index contributed by atoms with van der Waals surface area (Å²) in [5, 5.41) is 0. The lowest BCUT2D eigenvalue weighted by atomic mass is 10.0. The molecule has 0 bridgehead atoms. The highest BCUT2D eigenvalue weighted by Gasteiger charge is 2.31. The Morgan fingerprint density at radius 2 is 2.00 bits per heavy atom. The van der Waals surface area contributed by atoms with E-state index in [9.17, 15) is 13.2 Å². The molecule has 1 heterocycles. The number of rotatable bonds is 6. The van der Waals surface area contributed by atoms with Crippen LogP contribution < -0.4 is 10.6 Å². The second-order valence-corrected chi connectivity index (χ2v) is 9.30. The van der Waals surface area contributed by atoms with Gasteiger partial charge in [-0.2, -0.15) is 0 Å². The summed E-state index contributed by atoms with van der Waals surface area (Å²) in [5.41, 5.74) is 7.73. The van der Waals surface area contributed by atoms with E-state index in [1.165, 1.54) is 11.2 Å². The van der Waals surface area contributed by atoms with Gasteiger partial charge in [-0.1, -0.05) is 13.8 Å². The van der Waals surface area contributed by atoms with E-state index in [0.29, 0.717) is 25.3 Å². The highest BCUT2D eigenvalue weighted by atomic mass is 35.5. The monoisotopic (exact) mass is 403 g/mol. The molecular formula is C18H30ClN3O3S. The fourth-order valence-electron chi connectivity index (χ4n) is 3.21. The highest BCUT2D eigenvalue weighted by molar-refractivity contribution is 7.89. The number of carbonyl (C=O) groups excluding carboxylic acids is 1. The van der Waals surface area contributed by atoms with Crippen molar-refractivity contribution in [1.82, 2.24) is 4.31 Å². The molecule has 2 N–H and O–H groups in total. The van der Waals surface area contributed by atoms with Gasteiger partial charge in [0.2, 0.25) is 15.9 Å². The number of amides is 1. The maximum atomic E-state index is 12.8. The third kappa shape index (κ3) is 4.57. The standard InChI is InChI=1S/C18H29N3O3S.ClH/c1-12(2)17(19)8-9-20(5)25(23,24)16-6-7-18-15(11-16)10-13(3)21(18)14(4)22;/h6-7,11-13,17H,8-10,19H2,1-5H3;1H. The Kier molecular flexibility index (Phi) is 7.65. The van der Waals surface area contributed by atoms with E-state index in [2.05, 4.69) is 0 Å². The van der Waals surface area contributed by atoms with E-state index in [0.717, 1.165) is 11.3 Å². The number of hydrogen-bond acceptors (Lipinski definition) is 4. The number of nitrogens with two attached hydrogens (primary N) is 1. The van der Waals surface area contributed by atoms with Gasteiger partial charge in [-0.3, -0.25) is 4.79 Å². The molecule has 148 valence electrons. The lowest BCUT2D eigenvalue weighted by molar-refractivity contribution is -0.116. The first-order chi connectivity index (χ1) is 11.6. The molecule has 0 radical (unpaired) electrons. The number of hydrogen-bond donors (Lipinski definition) is 1. The van der Waals surface area contributed by atoms with E-state index < -0.39 is 10.0 Å². The summed E-state index contributed by atoms with van der Waals surface area (Å²) in [6.45, 7) is 7.94. The van der Waals surface area contributed by atoms with Crippen LogP contribution in [0.15, 0.2) is 23.1 Å². The Hall–Kier alpha value is -1.15. The Labute approximate surface area is 163 Å². The number of fused-ring (bicyclic) bond motifs is 1. The van der Waals surface area contributed by atoms with Crippen molar-refractivity contribution in [3.63, 3.8) is 0 Å². The van der Waals surface area contributed by atoms with Crippen LogP contribution >= 0.6 is 12.4 Å². The van der Waals surface area contributed by atoms with Crippen molar-refractivity contribution in [2.75, 3.05) is 18.5 Å². The molecule has 0 saturated heterocycles. The van der Waals surface area contributed by atoms with Crippen molar-refractivity contribution in [3.05, 3.63) is 23.8 Å². The van der Waals surface area contributed by atoms with Crippen molar-refractivity contribution in [3.8, 4) is 0 Å². The van der Waals surface area contributed by atoms with Crippen LogP contribution in [-0.2, 0) is 21.2 Å². The third-order valence-electron chi connectivity index (χ3n) is 4.95. The van der Waals surface area contributed by atoms with Crippen LogP contribution in [0.5, 0.6) is 0 Å². The predicted molar refractivity (Wildman–Crippen MR) is 107 cm³/mol. The zero-order valence-corrected chi connectivity index (χ0v) is 17.7. The molecule has 0 aromatic heterocycles. The summed E-state index contributed by atoms with van der Waals surface area (Å²) in [6, 6.07) is 5.04. The molecular weight excluding hydrogens is 374 g/mol. The van der Waals surface area contributed by atoms with E-state index in [1.807, 2.05) is 20.8 Å². The van der Waals surface area contributed by atoms with Crippen molar-refractivity contribution in [2.24, 2.45) is 11.7 Å². The predicted octanol–water partition coefficient (Wildman–Crippen LogP) is 2.40. The second-order valence-electron chi connectivity index (χ2n) is 7.26. The first-order valence-electron chi connectivity index (χ1n) is 8.70. The molecule has 0 fully saturated rings. The van der Waals surface area contributed by atoms with Gasteiger partial charge >= 0.3 is 0 Å². The van der Waals surface area contributed by atoms with Gasteiger partial charge in [-0.15, -0.1) is 12.4 Å². The van der Waals surface area contributed by atoms with Gasteiger partial charge in [0.15, 0.2) is 0 Å². The van der Waals surface area contributed by atoms with Gasteiger partial charge in [0.1, 0.15) is 0 Å². The van der Waals surface area contributed by atoms with Crippen molar-refractivity contribution in [2.45, 2.75) is 57.5 Å². The van der Waals surface area contributed by atoms with Gasteiger partial charge in [-0.25, -0.2) is 12.7 Å². The maximum Gasteiger partial charge on any atom is 0.242 e. The molecule has 0 aliphatic carbocycles. The zero-order chi connectivity index (χ0) is 18.9. The van der Waals surface area contributed by atoms with E-state index in [1.54, 1.807) is 30.1 Å². The van der Waals surface area contributed by atoms with Gasteiger partial charge in [-0.05, 0) is 49.4 Å². The minimum atomic E-state index is -3.56.